The summed E-state index contributed by atoms with van der Waals surface area (Å²) in [7, 11) is 0.570. The predicted molar refractivity (Wildman–Crippen MR) is 75.2 cm³/mol. The highest BCUT2D eigenvalue weighted by atomic mass is 32.2. The number of carbonyl (C=O) groups excluding carboxylic acids is 1. The van der Waals surface area contributed by atoms with Gasteiger partial charge in [0.15, 0.2) is 0 Å². The highest BCUT2D eigenvalue weighted by Crippen LogP contribution is 2.30. The molecule has 1 amide bonds. The molecule has 3 rings (SSSR count). The Balaban J connectivity index is 1.69. The van der Waals surface area contributed by atoms with Gasteiger partial charge < -0.3 is 9.80 Å². The van der Waals surface area contributed by atoms with Crippen molar-refractivity contribution in [3.05, 3.63) is 24.0 Å². The molecule has 0 bridgehead atoms. The maximum atomic E-state index is 12.4. The van der Waals surface area contributed by atoms with E-state index >= 15 is 0 Å². The summed E-state index contributed by atoms with van der Waals surface area (Å²) >= 11 is 0. The van der Waals surface area contributed by atoms with Crippen LogP contribution in [0.2, 0.25) is 0 Å². The number of hydrogen-bond acceptors (Lipinski definition) is 4. The zero-order valence-corrected chi connectivity index (χ0v) is 12.2. The molecule has 108 valence electrons. The predicted octanol–water partition coefficient (Wildman–Crippen LogP) is -0.303. The summed E-state index contributed by atoms with van der Waals surface area (Å²) in [5.74, 6) is 1.12. The molecule has 0 aliphatic carbocycles. The lowest BCUT2D eigenvalue weighted by molar-refractivity contribution is 0.0770. The first-order valence-corrected chi connectivity index (χ1v) is 7.86. The molecule has 2 saturated heterocycles. The monoisotopic (exact) mass is 294 g/mol. The highest BCUT2D eigenvalue weighted by molar-refractivity contribution is 7.82. The Morgan fingerprint density at radius 1 is 1.30 bits per heavy atom. The molecule has 0 spiro atoms. The summed E-state index contributed by atoms with van der Waals surface area (Å²) in [4.78, 5) is 21.1. The van der Waals surface area contributed by atoms with Gasteiger partial charge in [-0.15, -0.1) is 0 Å². The first kappa shape index (κ1) is 13.7. The van der Waals surface area contributed by atoms with E-state index in [1.807, 2.05) is 4.90 Å². The average Bonchev–Trinajstić information content (AvgIpc) is 2.95. The maximum absolute atomic E-state index is 12.4. The molecule has 0 aromatic carbocycles. The van der Waals surface area contributed by atoms with Gasteiger partial charge in [-0.2, -0.15) is 0 Å². The zero-order valence-electron chi connectivity index (χ0n) is 11.4. The van der Waals surface area contributed by atoms with Crippen LogP contribution < -0.4 is 5.14 Å². The van der Waals surface area contributed by atoms with Gasteiger partial charge in [0.05, 0.1) is 4.90 Å². The van der Waals surface area contributed by atoms with Crippen molar-refractivity contribution >= 4 is 16.9 Å². The molecule has 20 heavy (non-hydrogen) atoms. The van der Waals surface area contributed by atoms with Gasteiger partial charge in [-0.1, -0.05) is 0 Å². The lowest BCUT2D eigenvalue weighted by Gasteiger charge is -2.18. The molecule has 2 aliphatic rings. The quantitative estimate of drug-likeness (QED) is 0.812. The molecule has 3 atom stereocenters. The average molecular weight is 294 g/mol. The third-order valence-electron chi connectivity index (χ3n) is 4.14. The second-order valence-corrected chi connectivity index (χ2v) is 6.69. The Kier molecular flexibility index (Phi) is 3.57. The van der Waals surface area contributed by atoms with Crippen LogP contribution in [0.4, 0.5) is 0 Å². The lowest BCUT2D eigenvalue weighted by atomic mass is 10.0. The van der Waals surface area contributed by atoms with Crippen molar-refractivity contribution in [2.24, 2.45) is 17.0 Å². The summed E-state index contributed by atoms with van der Waals surface area (Å²) in [5.41, 5.74) is 0.396. The van der Waals surface area contributed by atoms with Crippen LogP contribution in [0.3, 0.4) is 0 Å². The van der Waals surface area contributed by atoms with Gasteiger partial charge in [-0.05, 0) is 31.0 Å². The third kappa shape index (κ3) is 2.48. The van der Waals surface area contributed by atoms with Crippen molar-refractivity contribution in [2.45, 2.75) is 4.90 Å². The SMILES string of the molecule is CN1CC2CN(C(=O)c3ccc(S(N)=O)cn3)CC2C1. The molecule has 3 heterocycles. The van der Waals surface area contributed by atoms with E-state index in [2.05, 4.69) is 16.9 Å². The minimum Gasteiger partial charge on any atom is -0.337 e. The van der Waals surface area contributed by atoms with Crippen LogP contribution in [0.5, 0.6) is 0 Å². The normalized spacial score (nSPS) is 27.6. The second kappa shape index (κ2) is 5.23. The maximum Gasteiger partial charge on any atom is 0.272 e. The Morgan fingerprint density at radius 3 is 2.45 bits per heavy atom. The van der Waals surface area contributed by atoms with Crippen molar-refractivity contribution in [1.82, 2.24) is 14.8 Å². The van der Waals surface area contributed by atoms with Gasteiger partial charge >= 0.3 is 0 Å². The molecular formula is C13H18N4O2S. The molecule has 0 radical (unpaired) electrons. The molecule has 1 aromatic rings. The summed E-state index contributed by atoms with van der Waals surface area (Å²) in [6.45, 7) is 3.74. The van der Waals surface area contributed by atoms with E-state index in [1.165, 1.54) is 6.20 Å². The van der Waals surface area contributed by atoms with Crippen LogP contribution in [-0.4, -0.2) is 58.1 Å². The van der Waals surface area contributed by atoms with Crippen LogP contribution >= 0.6 is 0 Å². The van der Waals surface area contributed by atoms with Crippen molar-refractivity contribution in [2.75, 3.05) is 33.2 Å². The van der Waals surface area contributed by atoms with E-state index in [9.17, 15) is 9.00 Å². The van der Waals surface area contributed by atoms with Crippen LogP contribution in [0.15, 0.2) is 23.2 Å². The number of aromatic nitrogens is 1. The number of fused-ring (bicyclic) bond motifs is 1. The number of rotatable bonds is 2. The molecule has 7 heteroatoms. The van der Waals surface area contributed by atoms with Gasteiger partial charge in [-0.3, -0.25) is 4.79 Å². The summed E-state index contributed by atoms with van der Waals surface area (Å²) < 4.78 is 11.1. The number of nitrogens with zero attached hydrogens (tertiary/aromatic N) is 3. The Hall–Kier alpha value is -1.31. The van der Waals surface area contributed by atoms with Crippen LogP contribution in [0, 0.1) is 11.8 Å². The molecule has 6 nitrogen and oxygen atoms in total. The van der Waals surface area contributed by atoms with E-state index < -0.39 is 11.0 Å². The minimum atomic E-state index is -1.55. The molecule has 0 saturated carbocycles. The summed E-state index contributed by atoms with van der Waals surface area (Å²) in [5, 5.41) is 5.27. The molecule has 2 fully saturated rings. The first-order valence-electron chi connectivity index (χ1n) is 6.64. The van der Waals surface area contributed by atoms with Crippen LogP contribution in [0.1, 0.15) is 10.5 Å². The number of carbonyl (C=O) groups is 1. The van der Waals surface area contributed by atoms with E-state index in [1.54, 1.807) is 12.1 Å². The van der Waals surface area contributed by atoms with Gasteiger partial charge in [-0.25, -0.2) is 14.3 Å². The van der Waals surface area contributed by atoms with Gasteiger partial charge in [0.2, 0.25) is 0 Å². The fourth-order valence-electron chi connectivity index (χ4n) is 3.18. The van der Waals surface area contributed by atoms with Crippen molar-refractivity contribution in [1.29, 1.82) is 0 Å². The molecule has 1 aromatic heterocycles. The van der Waals surface area contributed by atoms with Crippen molar-refractivity contribution < 1.29 is 9.00 Å². The molecule has 2 aliphatic heterocycles. The molecule has 2 N–H and O–H groups in total. The van der Waals surface area contributed by atoms with Crippen LogP contribution in [-0.2, 0) is 11.0 Å². The van der Waals surface area contributed by atoms with Crippen molar-refractivity contribution in [3.63, 3.8) is 0 Å². The first-order chi connectivity index (χ1) is 9.54. The van der Waals surface area contributed by atoms with Gasteiger partial charge in [0.1, 0.15) is 16.7 Å². The van der Waals surface area contributed by atoms with E-state index in [0.29, 0.717) is 22.4 Å². The largest absolute Gasteiger partial charge is 0.337 e. The van der Waals surface area contributed by atoms with Crippen LogP contribution in [0.25, 0.3) is 0 Å². The van der Waals surface area contributed by atoms with E-state index in [0.717, 1.165) is 26.2 Å². The number of hydrogen-bond donors (Lipinski definition) is 1. The Labute approximate surface area is 120 Å². The standard InChI is InChI=1S/C13H18N4O2S/c1-16-5-9-7-17(8-10(9)6-16)13(18)12-3-2-11(4-15-12)20(14)19/h2-4,9-10H,5-8,14H2,1H3. The highest BCUT2D eigenvalue weighted by Gasteiger charge is 2.40. The smallest absolute Gasteiger partial charge is 0.272 e. The van der Waals surface area contributed by atoms with E-state index in [4.69, 9.17) is 5.14 Å². The van der Waals surface area contributed by atoms with E-state index in [-0.39, 0.29) is 5.91 Å². The summed E-state index contributed by atoms with van der Waals surface area (Å²) in [6, 6.07) is 3.20. The number of pyridine rings is 1. The van der Waals surface area contributed by atoms with Gasteiger partial charge in [0, 0.05) is 32.4 Å². The number of likely N-dealkylation sites (tertiary alicyclic amines) is 2. The number of nitrogens with two attached hydrogens (primary N) is 1. The third-order valence-corrected chi connectivity index (χ3v) is 4.85. The lowest BCUT2D eigenvalue weighted by Crippen LogP contribution is -2.32. The number of amides is 1. The fourth-order valence-corrected chi connectivity index (χ4v) is 3.54. The topological polar surface area (TPSA) is 79.5 Å². The Bertz CT molecular complexity index is 534. The fraction of sp³-hybridized carbons (Fsp3) is 0.538. The molecular weight excluding hydrogens is 276 g/mol. The Morgan fingerprint density at radius 2 is 1.95 bits per heavy atom. The zero-order chi connectivity index (χ0) is 14.3. The minimum absolute atomic E-state index is 0.0450. The second-order valence-electron chi connectivity index (χ2n) is 5.63. The van der Waals surface area contributed by atoms with Gasteiger partial charge in [0.25, 0.3) is 5.91 Å². The summed E-state index contributed by atoms with van der Waals surface area (Å²) in [6.07, 6.45) is 1.41. The van der Waals surface area contributed by atoms with Crippen molar-refractivity contribution in [3.8, 4) is 0 Å². The molecule has 3 unspecified atom stereocenters.